The van der Waals surface area contributed by atoms with Crippen LogP contribution in [-0.2, 0) is 26.2 Å². The Labute approximate surface area is 200 Å². The zero-order valence-electron chi connectivity index (χ0n) is 20.0. The first-order valence-electron chi connectivity index (χ1n) is 11.1. The van der Waals surface area contributed by atoms with Crippen molar-refractivity contribution in [2.45, 2.75) is 39.8 Å². The van der Waals surface area contributed by atoms with Crippen LogP contribution >= 0.6 is 0 Å². The van der Waals surface area contributed by atoms with Crippen molar-refractivity contribution in [1.82, 2.24) is 10.2 Å². The average Bonchev–Trinajstić information content (AvgIpc) is 2.78. The molecule has 0 saturated carbocycles. The van der Waals surface area contributed by atoms with Crippen LogP contribution in [0.1, 0.15) is 32.8 Å². The van der Waals surface area contributed by atoms with Crippen LogP contribution in [0.15, 0.2) is 48.5 Å². The van der Waals surface area contributed by atoms with E-state index in [9.17, 15) is 22.4 Å². The van der Waals surface area contributed by atoms with Crippen LogP contribution in [0.4, 0.5) is 10.1 Å². The molecule has 2 aromatic rings. The minimum atomic E-state index is -3.87. The van der Waals surface area contributed by atoms with E-state index in [4.69, 9.17) is 4.74 Å². The van der Waals surface area contributed by atoms with Gasteiger partial charge in [0.2, 0.25) is 21.8 Å². The molecule has 8 nitrogen and oxygen atoms in total. The van der Waals surface area contributed by atoms with Gasteiger partial charge in [-0.2, -0.15) is 0 Å². The Kier molecular flexibility index (Phi) is 9.85. The average molecular weight is 494 g/mol. The highest BCUT2D eigenvalue weighted by Crippen LogP contribution is 2.30. The third-order valence-electron chi connectivity index (χ3n) is 5.12. The van der Waals surface area contributed by atoms with Gasteiger partial charge in [-0.15, -0.1) is 0 Å². The van der Waals surface area contributed by atoms with Crippen LogP contribution in [0.2, 0.25) is 0 Å². The normalized spacial score (nSPS) is 12.0. The van der Waals surface area contributed by atoms with Crippen molar-refractivity contribution < 1.29 is 27.1 Å². The van der Waals surface area contributed by atoms with Gasteiger partial charge in [0.05, 0.1) is 18.6 Å². The van der Waals surface area contributed by atoms with E-state index in [-0.39, 0.29) is 18.1 Å². The van der Waals surface area contributed by atoms with Gasteiger partial charge < -0.3 is 15.0 Å². The molecule has 0 heterocycles. The molecule has 0 fully saturated rings. The van der Waals surface area contributed by atoms with Crippen molar-refractivity contribution >= 4 is 27.5 Å². The molecule has 1 N–H and O–H groups in total. The van der Waals surface area contributed by atoms with E-state index in [1.807, 2.05) is 0 Å². The SMILES string of the molecule is CCNC(=O)C(CC)N(Cc1ccc(F)cc1)C(=O)CN(c1ccccc1OCC)S(C)(=O)=O. The lowest BCUT2D eigenvalue weighted by molar-refractivity contribution is -0.140. The molecule has 0 aliphatic carbocycles. The highest BCUT2D eigenvalue weighted by atomic mass is 32.2. The smallest absolute Gasteiger partial charge is 0.244 e. The van der Waals surface area contributed by atoms with Crippen molar-refractivity contribution in [2.24, 2.45) is 0 Å². The molecule has 2 amide bonds. The summed E-state index contributed by atoms with van der Waals surface area (Å²) in [5.74, 6) is -1.02. The Hall–Kier alpha value is -3.14. The molecule has 0 aliphatic rings. The number of para-hydroxylation sites is 2. The molecule has 0 radical (unpaired) electrons. The summed E-state index contributed by atoms with van der Waals surface area (Å²) in [6.07, 6.45) is 1.32. The minimum absolute atomic E-state index is 0.0134. The molecule has 34 heavy (non-hydrogen) atoms. The van der Waals surface area contributed by atoms with Crippen molar-refractivity contribution in [3.63, 3.8) is 0 Å². The summed E-state index contributed by atoms with van der Waals surface area (Å²) >= 11 is 0. The Morgan fingerprint density at radius 2 is 1.71 bits per heavy atom. The predicted molar refractivity (Wildman–Crippen MR) is 130 cm³/mol. The highest BCUT2D eigenvalue weighted by molar-refractivity contribution is 7.92. The third-order valence-corrected chi connectivity index (χ3v) is 6.24. The van der Waals surface area contributed by atoms with Gasteiger partial charge in [-0.25, -0.2) is 12.8 Å². The number of nitrogens with zero attached hydrogens (tertiary/aromatic N) is 2. The fraction of sp³-hybridized carbons (Fsp3) is 0.417. The van der Waals surface area contributed by atoms with Crippen LogP contribution in [0.5, 0.6) is 5.75 Å². The van der Waals surface area contributed by atoms with E-state index in [0.29, 0.717) is 30.9 Å². The maximum atomic E-state index is 13.5. The van der Waals surface area contributed by atoms with E-state index in [1.165, 1.54) is 29.2 Å². The molecule has 0 aliphatic heterocycles. The van der Waals surface area contributed by atoms with Crippen LogP contribution in [-0.4, -0.2) is 57.1 Å². The molecule has 10 heteroatoms. The van der Waals surface area contributed by atoms with E-state index >= 15 is 0 Å². The quantitative estimate of drug-likeness (QED) is 0.491. The number of ether oxygens (including phenoxy) is 1. The van der Waals surface area contributed by atoms with Crippen molar-refractivity contribution in [3.05, 3.63) is 59.9 Å². The first-order valence-corrected chi connectivity index (χ1v) is 13.0. The Bertz CT molecular complexity index is 1080. The number of carbonyl (C=O) groups is 2. The number of amides is 2. The zero-order valence-corrected chi connectivity index (χ0v) is 20.8. The summed E-state index contributed by atoms with van der Waals surface area (Å²) < 4.78 is 45.3. The summed E-state index contributed by atoms with van der Waals surface area (Å²) in [5, 5.41) is 2.72. The zero-order chi connectivity index (χ0) is 25.3. The molecule has 1 unspecified atom stereocenters. The fourth-order valence-corrected chi connectivity index (χ4v) is 4.39. The Balaban J connectivity index is 2.46. The molecule has 2 rings (SSSR count). The number of sulfonamides is 1. The lowest BCUT2D eigenvalue weighted by Gasteiger charge is -2.33. The van der Waals surface area contributed by atoms with Crippen LogP contribution in [0.25, 0.3) is 0 Å². The molecule has 0 bridgehead atoms. The van der Waals surface area contributed by atoms with Gasteiger partial charge in [0.25, 0.3) is 0 Å². The molecule has 0 saturated heterocycles. The fourth-order valence-electron chi connectivity index (χ4n) is 3.53. The van der Waals surface area contributed by atoms with Gasteiger partial charge in [0.15, 0.2) is 0 Å². The summed E-state index contributed by atoms with van der Waals surface area (Å²) in [6.45, 7) is 5.49. The molecular weight excluding hydrogens is 461 g/mol. The monoisotopic (exact) mass is 493 g/mol. The largest absolute Gasteiger partial charge is 0.492 e. The lowest BCUT2D eigenvalue weighted by Crippen LogP contribution is -2.52. The minimum Gasteiger partial charge on any atom is -0.492 e. The highest BCUT2D eigenvalue weighted by Gasteiger charge is 2.32. The lowest BCUT2D eigenvalue weighted by atomic mass is 10.1. The Morgan fingerprint density at radius 1 is 1.06 bits per heavy atom. The van der Waals surface area contributed by atoms with Crippen molar-refractivity contribution in [1.29, 1.82) is 0 Å². The summed E-state index contributed by atoms with van der Waals surface area (Å²) in [5.41, 5.74) is 0.839. The number of hydrogen-bond donors (Lipinski definition) is 1. The third kappa shape index (κ3) is 7.18. The number of hydrogen-bond acceptors (Lipinski definition) is 5. The van der Waals surface area contributed by atoms with E-state index in [2.05, 4.69) is 5.32 Å². The number of likely N-dealkylation sites (N-methyl/N-ethyl adjacent to an activating group) is 1. The standard InChI is InChI=1S/C24H32FN3O5S/c1-5-20(24(30)26-6-2)27(16-18-12-14-19(25)15-13-18)23(29)17-28(34(4,31)32)21-10-8-9-11-22(21)33-7-3/h8-15,20H,5-7,16-17H2,1-4H3,(H,26,30). The van der Waals surface area contributed by atoms with E-state index in [0.717, 1.165) is 10.6 Å². The summed E-state index contributed by atoms with van der Waals surface area (Å²) in [6, 6.07) is 11.3. The second-order valence-corrected chi connectivity index (χ2v) is 9.54. The van der Waals surface area contributed by atoms with Gasteiger partial charge >= 0.3 is 0 Å². The molecule has 1 atom stereocenters. The van der Waals surface area contributed by atoms with Crippen molar-refractivity contribution in [3.8, 4) is 5.75 Å². The molecule has 186 valence electrons. The molecule has 2 aromatic carbocycles. The molecule has 0 spiro atoms. The first-order chi connectivity index (χ1) is 16.1. The number of carbonyl (C=O) groups excluding carboxylic acids is 2. The summed E-state index contributed by atoms with van der Waals surface area (Å²) in [7, 11) is -3.87. The Morgan fingerprint density at radius 3 is 2.26 bits per heavy atom. The number of nitrogens with one attached hydrogen (secondary N) is 1. The molecular formula is C24H32FN3O5S. The van der Waals surface area contributed by atoms with E-state index < -0.39 is 34.3 Å². The maximum Gasteiger partial charge on any atom is 0.244 e. The van der Waals surface area contributed by atoms with Crippen LogP contribution in [0.3, 0.4) is 0 Å². The van der Waals surface area contributed by atoms with Crippen LogP contribution < -0.4 is 14.4 Å². The van der Waals surface area contributed by atoms with Gasteiger partial charge in [0.1, 0.15) is 24.2 Å². The van der Waals surface area contributed by atoms with Gasteiger partial charge in [-0.3, -0.25) is 13.9 Å². The molecule has 0 aromatic heterocycles. The topological polar surface area (TPSA) is 96.0 Å². The second kappa shape index (κ2) is 12.4. The number of benzene rings is 2. The van der Waals surface area contributed by atoms with Gasteiger partial charge in [0, 0.05) is 13.1 Å². The predicted octanol–water partition coefficient (Wildman–Crippen LogP) is 2.93. The van der Waals surface area contributed by atoms with Gasteiger partial charge in [-0.1, -0.05) is 31.2 Å². The number of rotatable bonds is 12. The van der Waals surface area contributed by atoms with Crippen LogP contribution in [0, 0.1) is 5.82 Å². The number of anilines is 1. The van der Waals surface area contributed by atoms with Gasteiger partial charge in [-0.05, 0) is 50.1 Å². The first kappa shape index (κ1) is 27.1. The summed E-state index contributed by atoms with van der Waals surface area (Å²) in [4.78, 5) is 27.6. The van der Waals surface area contributed by atoms with Crippen molar-refractivity contribution in [2.75, 3.05) is 30.3 Å². The number of halogens is 1. The maximum absolute atomic E-state index is 13.5. The second-order valence-electron chi connectivity index (χ2n) is 7.64. The van der Waals surface area contributed by atoms with E-state index in [1.54, 1.807) is 45.0 Å².